The predicted octanol–water partition coefficient (Wildman–Crippen LogP) is 12.4. The van der Waals surface area contributed by atoms with Gasteiger partial charge in [0.05, 0.1) is 8.07 Å². The van der Waals surface area contributed by atoms with E-state index in [1.165, 1.54) is 55.6 Å². The lowest BCUT2D eigenvalue weighted by Crippen LogP contribution is -2.38. The van der Waals surface area contributed by atoms with Gasteiger partial charge < -0.3 is 0 Å². The molecule has 1 aliphatic rings. The maximum absolute atomic E-state index is 2.51. The molecule has 5 rings (SSSR count). The molecule has 0 aromatic heterocycles. The molecule has 0 N–H and O–H groups in total. The van der Waals surface area contributed by atoms with Crippen LogP contribution in [0.2, 0.25) is 19.6 Å². The summed E-state index contributed by atoms with van der Waals surface area (Å²) in [7, 11) is -1.34. The highest BCUT2D eigenvalue weighted by atomic mass is 28.3. The molecule has 228 valence electrons. The molecule has 0 heterocycles. The Morgan fingerprint density at radius 3 is 1.37 bits per heavy atom. The molecule has 4 aromatic carbocycles. The minimum atomic E-state index is -1.34. The Bertz CT molecular complexity index is 1550. The van der Waals surface area contributed by atoms with Gasteiger partial charge in [-0.1, -0.05) is 167 Å². The van der Waals surface area contributed by atoms with Gasteiger partial charge in [-0.25, -0.2) is 0 Å². The van der Waals surface area contributed by atoms with Crippen LogP contribution in [0.15, 0.2) is 78.9 Å². The third-order valence-electron chi connectivity index (χ3n) is 9.45. The van der Waals surface area contributed by atoms with Gasteiger partial charge in [-0.15, -0.1) is 0 Å². The SMILES string of the molecule is CC(C)c1ccc(-c2ccc3c(c2)C(C)(C)c2cc([Si](C)(C)C)ccc2-3)cc1C(C)C.CC(C)c1ccccc1C(C)C. The highest BCUT2D eigenvalue weighted by molar-refractivity contribution is 6.88. The van der Waals surface area contributed by atoms with Crippen LogP contribution in [-0.4, -0.2) is 8.07 Å². The van der Waals surface area contributed by atoms with Crippen LogP contribution in [0.1, 0.15) is 126 Å². The van der Waals surface area contributed by atoms with Crippen molar-refractivity contribution < 1.29 is 0 Å². The van der Waals surface area contributed by atoms with Crippen LogP contribution in [0, 0.1) is 0 Å². The van der Waals surface area contributed by atoms with E-state index in [0.29, 0.717) is 23.7 Å². The Hall–Kier alpha value is -2.90. The Kier molecular flexibility index (Phi) is 9.67. The second-order valence-electron chi connectivity index (χ2n) is 15.5. The maximum Gasteiger partial charge on any atom is 0.0776 e. The lowest BCUT2D eigenvalue weighted by atomic mass is 9.81. The van der Waals surface area contributed by atoms with Gasteiger partial charge >= 0.3 is 0 Å². The molecule has 0 fully saturated rings. The van der Waals surface area contributed by atoms with E-state index >= 15 is 0 Å². The van der Waals surface area contributed by atoms with E-state index in [2.05, 4.69) is 168 Å². The average molecular weight is 589 g/mol. The van der Waals surface area contributed by atoms with Gasteiger partial charge in [-0.2, -0.15) is 0 Å². The van der Waals surface area contributed by atoms with Crippen molar-refractivity contribution in [3.8, 4) is 22.3 Å². The first kappa shape index (κ1) is 33.0. The molecule has 1 heteroatoms. The van der Waals surface area contributed by atoms with Crippen LogP contribution in [-0.2, 0) is 5.41 Å². The molecule has 0 aliphatic heterocycles. The molecule has 0 radical (unpaired) electrons. The van der Waals surface area contributed by atoms with Crippen molar-refractivity contribution in [2.75, 3.05) is 0 Å². The number of fused-ring (bicyclic) bond motifs is 3. The van der Waals surface area contributed by atoms with E-state index in [0.717, 1.165) is 0 Å². The summed E-state index contributed by atoms with van der Waals surface area (Å²) in [6.07, 6.45) is 0. The van der Waals surface area contributed by atoms with Crippen molar-refractivity contribution in [1.82, 2.24) is 0 Å². The predicted molar refractivity (Wildman–Crippen MR) is 195 cm³/mol. The van der Waals surface area contributed by atoms with E-state index in [1.807, 2.05) is 0 Å². The van der Waals surface area contributed by atoms with Gasteiger partial charge in [0.1, 0.15) is 0 Å². The minimum absolute atomic E-state index is 0.0368. The van der Waals surface area contributed by atoms with E-state index in [9.17, 15) is 0 Å². The summed E-state index contributed by atoms with van der Waals surface area (Å²) in [4.78, 5) is 0. The monoisotopic (exact) mass is 588 g/mol. The highest BCUT2D eigenvalue weighted by Crippen LogP contribution is 2.49. The second-order valence-corrected chi connectivity index (χ2v) is 20.6. The van der Waals surface area contributed by atoms with Crippen LogP contribution in [0.3, 0.4) is 0 Å². The van der Waals surface area contributed by atoms with Crippen LogP contribution in [0.4, 0.5) is 0 Å². The Balaban J connectivity index is 0.000000296. The molecule has 0 nitrogen and oxygen atoms in total. The smallest absolute Gasteiger partial charge is 0.0656 e. The summed E-state index contributed by atoms with van der Waals surface area (Å²) < 4.78 is 0. The zero-order valence-corrected chi connectivity index (χ0v) is 30.3. The van der Waals surface area contributed by atoms with E-state index < -0.39 is 8.07 Å². The molecule has 0 saturated heterocycles. The second kappa shape index (κ2) is 12.6. The summed E-state index contributed by atoms with van der Waals surface area (Å²) in [5.74, 6) is 2.38. The standard InChI is InChI=1S/C30H38Si.C12H18/c1-19(2)24-13-10-21(16-27(24)20(3)4)22-11-14-25-26-15-12-23(31(7,8)9)18-29(26)30(5,6)28(25)17-22;1-9(2)11-7-5-6-8-12(11)10(3)4/h10-20H,1-9H3;5-10H,1-4H3. The van der Waals surface area contributed by atoms with Gasteiger partial charge in [-0.3, -0.25) is 0 Å². The first-order chi connectivity index (χ1) is 20.0. The zero-order chi connectivity index (χ0) is 31.9. The topological polar surface area (TPSA) is 0 Å². The number of benzene rings is 4. The van der Waals surface area contributed by atoms with Crippen LogP contribution >= 0.6 is 0 Å². The van der Waals surface area contributed by atoms with Crippen molar-refractivity contribution in [2.24, 2.45) is 0 Å². The molecule has 43 heavy (non-hydrogen) atoms. The summed E-state index contributed by atoms with van der Waals surface area (Å²) in [5.41, 5.74) is 14.5. The summed E-state index contributed by atoms with van der Waals surface area (Å²) in [5, 5.41) is 1.55. The molecule has 0 saturated carbocycles. The molecule has 0 amide bonds. The van der Waals surface area contributed by atoms with Gasteiger partial charge in [0.2, 0.25) is 0 Å². The van der Waals surface area contributed by atoms with E-state index in [1.54, 1.807) is 5.19 Å². The molecule has 0 bridgehead atoms. The number of hydrogen-bond acceptors (Lipinski definition) is 0. The van der Waals surface area contributed by atoms with E-state index in [4.69, 9.17) is 0 Å². The fraction of sp³-hybridized carbons (Fsp3) is 0.429. The van der Waals surface area contributed by atoms with Crippen molar-refractivity contribution in [3.05, 3.63) is 112 Å². The van der Waals surface area contributed by atoms with Crippen molar-refractivity contribution in [2.45, 2.75) is 118 Å². The average Bonchev–Trinajstić information content (AvgIpc) is 3.18. The molecule has 1 aliphatic carbocycles. The lowest BCUT2D eigenvalue weighted by Gasteiger charge is -2.25. The maximum atomic E-state index is 2.51. The van der Waals surface area contributed by atoms with Gasteiger partial charge in [-0.05, 0) is 85.4 Å². The summed E-state index contributed by atoms with van der Waals surface area (Å²) >= 11 is 0. The van der Waals surface area contributed by atoms with Crippen molar-refractivity contribution >= 4 is 13.3 Å². The molecule has 0 atom stereocenters. The number of rotatable bonds is 6. The lowest BCUT2D eigenvalue weighted by molar-refractivity contribution is 0.661. The molecular formula is C42H56Si. The fourth-order valence-electron chi connectivity index (χ4n) is 6.73. The van der Waals surface area contributed by atoms with Gasteiger partial charge in [0.15, 0.2) is 0 Å². The third-order valence-corrected chi connectivity index (χ3v) is 11.5. The third kappa shape index (κ3) is 6.78. The normalized spacial score (nSPS) is 13.8. The fourth-order valence-corrected chi connectivity index (χ4v) is 7.89. The van der Waals surface area contributed by atoms with Crippen LogP contribution in [0.5, 0.6) is 0 Å². The van der Waals surface area contributed by atoms with Crippen LogP contribution < -0.4 is 5.19 Å². The Morgan fingerprint density at radius 1 is 0.465 bits per heavy atom. The number of hydrogen-bond donors (Lipinski definition) is 0. The molecule has 0 unspecified atom stereocenters. The van der Waals surface area contributed by atoms with Crippen molar-refractivity contribution in [3.63, 3.8) is 0 Å². The summed E-state index contributed by atoms with van der Waals surface area (Å²) in [6, 6.07) is 30.2. The van der Waals surface area contributed by atoms with E-state index in [-0.39, 0.29) is 5.41 Å². The zero-order valence-electron chi connectivity index (χ0n) is 29.3. The highest BCUT2D eigenvalue weighted by Gasteiger charge is 2.36. The van der Waals surface area contributed by atoms with Crippen molar-refractivity contribution in [1.29, 1.82) is 0 Å². The van der Waals surface area contributed by atoms with Gasteiger partial charge in [0.25, 0.3) is 0 Å². The molecule has 0 spiro atoms. The quantitative estimate of drug-likeness (QED) is 0.197. The summed E-state index contributed by atoms with van der Waals surface area (Å²) in [6.45, 7) is 30.3. The van der Waals surface area contributed by atoms with Crippen LogP contribution in [0.25, 0.3) is 22.3 Å². The largest absolute Gasteiger partial charge is 0.0776 e. The molecule has 4 aromatic rings. The van der Waals surface area contributed by atoms with Gasteiger partial charge in [0, 0.05) is 5.41 Å². The Morgan fingerprint density at radius 2 is 0.884 bits per heavy atom. The first-order valence-electron chi connectivity index (χ1n) is 16.6. The first-order valence-corrected chi connectivity index (χ1v) is 20.1. The minimum Gasteiger partial charge on any atom is -0.0656 e. The Labute approximate surface area is 265 Å². The molecular weight excluding hydrogens is 533 g/mol.